The lowest BCUT2D eigenvalue weighted by atomic mass is 9.85. The third kappa shape index (κ3) is 7.93. The summed E-state index contributed by atoms with van der Waals surface area (Å²) in [4.78, 5) is 10.6. The van der Waals surface area contributed by atoms with Gasteiger partial charge in [0.2, 0.25) is 5.24 Å². The smallest absolute Gasteiger partial charge is 0.281 e. The van der Waals surface area contributed by atoms with Gasteiger partial charge in [-0.25, -0.2) is 0 Å². The van der Waals surface area contributed by atoms with Crippen molar-refractivity contribution < 1.29 is 97.0 Å². The van der Waals surface area contributed by atoms with Crippen molar-refractivity contribution in [1.29, 1.82) is 0 Å². The summed E-state index contributed by atoms with van der Waals surface area (Å²) >= 11 is 5.98. The number of unbranched alkanes of at least 4 members (excludes halogenated alkanes) is 5. The molecule has 1 atom stereocenters. The number of carbonyl (C=O) groups excluding carboxylic acids is 1. The number of halogens is 23. The van der Waals surface area contributed by atoms with Crippen molar-refractivity contribution in [3.05, 3.63) is 0 Å². The Balaban J connectivity index is 6.14. The van der Waals surface area contributed by atoms with Crippen LogP contribution >= 0.6 is 34.2 Å². The fraction of sp³-hybridized carbons (Fsp3) is 0.952. The standard InChI is InChI=1S/C21H19ClF21IO/c22-11(45)8-6-4-2-1-3-5-7-10(44)9-12(23,24)13(25,26)14(27,28)15(29,30)16(31,32)17(33,34)18(35,36)19(37,38)20(39,40)21(41,42)43/h10H,1-9H2. The molecule has 0 aliphatic rings. The minimum Gasteiger partial charge on any atom is -0.281 e. The molecular weight excluding hydrogens is 830 g/mol. The molecule has 0 spiro atoms. The Morgan fingerprint density at radius 2 is 0.756 bits per heavy atom. The maximum absolute atomic E-state index is 14.1. The average Bonchev–Trinajstić information content (AvgIpc) is 2.83. The van der Waals surface area contributed by atoms with E-state index in [9.17, 15) is 97.0 Å². The van der Waals surface area contributed by atoms with E-state index in [1.54, 1.807) is 0 Å². The highest BCUT2D eigenvalue weighted by molar-refractivity contribution is 14.1. The van der Waals surface area contributed by atoms with Crippen LogP contribution in [0.5, 0.6) is 0 Å². The predicted molar refractivity (Wildman–Crippen MR) is 121 cm³/mol. The fourth-order valence-electron chi connectivity index (χ4n) is 3.44. The number of carbonyl (C=O) groups is 1. The zero-order valence-electron chi connectivity index (χ0n) is 21.5. The van der Waals surface area contributed by atoms with Gasteiger partial charge in [-0.3, -0.25) is 4.79 Å². The third-order valence-corrected chi connectivity index (χ3v) is 7.45. The molecule has 45 heavy (non-hydrogen) atoms. The number of hydrogen-bond donors (Lipinski definition) is 0. The normalized spacial score (nSPS) is 16.2. The molecular formula is C21H19ClF21IO. The molecule has 0 saturated heterocycles. The number of rotatable bonds is 19. The topological polar surface area (TPSA) is 17.1 Å². The SMILES string of the molecule is O=C(Cl)CCCCCCCCC(I)CC(F)(F)C(F)(F)C(F)(F)C(F)(F)C(F)(F)C(F)(F)C(F)(F)C(F)(F)C(F)(F)C(F)(F)F. The monoisotopic (exact) mass is 848 g/mol. The van der Waals surface area contributed by atoms with E-state index in [2.05, 4.69) is 0 Å². The summed E-state index contributed by atoms with van der Waals surface area (Å²) in [5.41, 5.74) is 0. The minimum absolute atomic E-state index is 0.0246. The summed E-state index contributed by atoms with van der Waals surface area (Å²) in [7, 11) is 0. The van der Waals surface area contributed by atoms with E-state index in [1.807, 2.05) is 0 Å². The highest BCUT2D eigenvalue weighted by atomic mass is 127. The summed E-state index contributed by atoms with van der Waals surface area (Å²) in [6.45, 7) is 0. The van der Waals surface area contributed by atoms with Gasteiger partial charge in [0.15, 0.2) is 0 Å². The van der Waals surface area contributed by atoms with Crippen LogP contribution < -0.4 is 0 Å². The lowest BCUT2D eigenvalue weighted by Crippen LogP contribution is -2.76. The second kappa shape index (κ2) is 14.0. The average molecular weight is 849 g/mol. The largest absolute Gasteiger partial charge is 0.460 e. The molecule has 0 aromatic rings. The first-order valence-electron chi connectivity index (χ1n) is 11.9. The Hall–Kier alpha value is -0.780. The quantitative estimate of drug-likeness (QED) is 0.0416. The van der Waals surface area contributed by atoms with Gasteiger partial charge in [-0.2, -0.15) is 92.2 Å². The van der Waals surface area contributed by atoms with Crippen molar-refractivity contribution in [3.8, 4) is 0 Å². The molecule has 0 saturated carbocycles. The first-order chi connectivity index (χ1) is 19.6. The zero-order valence-corrected chi connectivity index (χ0v) is 24.5. The van der Waals surface area contributed by atoms with Crippen molar-refractivity contribution in [2.75, 3.05) is 0 Å². The highest BCUT2D eigenvalue weighted by Crippen LogP contribution is 2.66. The van der Waals surface area contributed by atoms with Crippen molar-refractivity contribution >= 4 is 39.4 Å². The van der Waals surface area contributed by atoms with E-state index in [-0.39, 0.29) is 19.3 Å². The molecule has 0 aromatic heterocycles. The molecule has 0 amide bonds. The molecule has 1 nitrogen and oxygen atoms in total. The van der Waals surface area contributed by atoms with E-state index in [0.717, 1.165) is 22.6 Å². The fourth-order valence-corrected chi connectivity index (χ4v) is 4.56. The van der Waals surface area contributed by atoms with Crippen LogP contribution in [-0.2, 0) is 4.79 Å². The summed E-state index contributed by atoms with van der Waals surface area (Å²) in [5, 5.41) is -0.633. The molecule has 24 heteroatoms. The molecule has 0 bridgehead atoms. The highest BCUT2D eigenvalue weighted by Gasteiger charge is 2.97. The van der Waals surface area contributed by atoms with Gasteiger partial charge in [0.1, 0.15) is 0 Å². The number of alkyl halides is 22. The maximum Gasteiger partial charge on any atom is 0.460 e. The van der Waals surface area contributed by atoms with Crippen LogP contribution in [0.1, 0.15) is 57.8 Å². The Morgan fingerprint density at radius 3 is 1.09 bits per heavy atom. The van der Waals surface area contributed by atoms with Crippen LogP contribution in [0.15, 0.2) is 0 Å². The maximum atomic E-state index is 14.1. The van der Waals surface area contributed by atoms with E-state index >= 15 is 0 Å². The second-order valence-electron chi connectivity index (χ2n) is 9.61. The number of hydrogen-bond acceptors (Lipinski definition) is 1. The van der Waals surface area contributed by atoms with Gasteiger partial charge < -0.3 is 0 Å². The van der Waals surface area contributed by atoms with Gasteiger partial charge in [-0.15, -0.1) is 0 Å². The van der Waals surface area contributed by atoms with Gasteiger partial charge in [0, 0.05) is 16.8 Å². The Bertz CT molecular complexity index is 994. The molecule has 0 radical (unpaired) electrons. The zero-order chi connectivity index (χ0) is 36.5. The predicted octanol–water partition coefficient (Wildman–Crippen LogP) is 11.3. The minimum atomic E-state index is -9.16. The first-order valence-corrected chi connectivity index (χ1v) is 13.5. The van der Waals surface area contributed by atoms with E-state index in [1.165, 1.54) is 0 Å². The molecule has 0 rings (SSSR count). The molecule has 0 heterocycles. The lowest BCUT2D eigenvalue weighted by molar-refractivity contribution is -0.474. The van der Waals surface area contributed by atoms with Gasteiger partial charge >= 0.3 is 59.5 Å². The van der Waals surface area contributed by atoms with Crippen LogP contribution in [0.25, 0.3) is 0 Å². The summed E-state index contributed by atoms with van der Waals surface area (Å²) in [6, 6.07) is 0. The third-order valence-electron chi connectivity index (χ3n) is 6.19. The molecule has 270 valence electrons. The van der Waals surface area contributed by atoms with Gasteiger partial charge in [-0.1, -0.05) is 54.7 Å². The van der Waals surface area contributed by atoms with Crippen LogP contribution in [-0.4, -0.2) is 68.6 Å². The van der Waals surface area contributed by atoms with E-state index in [0.29, 0.717) is 25.7 Å². The van der Waals surface area contributed by atoms with Gasteiger partial charge in [0.25, 0.3) is 0 Å². The van der Waals surface area contributed by atoms with Crippen LogP contribution in [0.4, 0.5) is 92.2 Å². The lowest BCUT2D eigenvalue weighted by Gasteiger charge is -2.44. The van der Waals surface area contributed by atoms with E-state index in [4.69, 9.17) is 11.6 Å². The molecule has 0 N–H and O–H groups in total. The Morgan fingerprint density at radius 1 is 0.467 bits per heavy atom. The summed E-state index contributed by atoms with van der Waals surface area (Å²) in [5.74, 6) is -76.7. The summed E-state index contributed by atoms with van der Waals surface area (Å²) in [6.07, 6.45) is -9.53. The van der Waals surface area contributed by atoms with E-state index < -0.39 is 81.5 Å². The van der Waals surface area contributed by atoms with Crippen molar-refractivity contribution in [2.45, 2.75) is 121 Å². The van der Waals surface area contributed by atoms with Crippen LogP contribution in [0.2, 0.25) is 0 Å². The van der Waals surface area contributed by atoms with Crippen molar-refractivity contribution in [1.82, 2.24) is 0 Å². The Kier molecular flexibility index (Phi) is 13.7. The molecule has 0 aromatic carbocycles. The molecule has 0 aliphatic heterocycles. The molecule has 1 unspecified atom stereocenters. The van der Waals surface area contributed by atoms with Crippen LogP contribution in [0.3, 0.4) is 0 Å². The van der Waals surface area contributed by atoms with Gasteiger partial charge in [0.05, 0.1) is 0 Å². The second-order valence-corrected chi connectivity index (χ2v) is 11.8. The van der Waals surface area contributed by atoms with Gasteiger partial charge in [-0.05, 0) is 24.4 Å². The van der Waals surface area contributed by atoms with Crippen molar-refractivity contribution in [2.24, 2.45) is 0 Å². The first kappa shape index (κ1) is 44.2. The summed E-state index contributed by atoms with van der Waals surface area (Å²) < 4.78 is 281. The molecule has 0 aliphatic carbocycles. The molecule has 0 fully saturated rings. The van der Waals surface area contributed by atoms with Crippen LogP contribution in [0, 0.1) is 0 Å². The van der Waals surface area contributed by atoms with Crippen molar-refractivity contribution in [3.63, 3.8) is 0 Å². The Labute approximate surface area is 257 Å².